The number of carbonyl (C=O) groups is 2. The summed E-state index contributed by atoms with van der Waals surface area (Å²) in [4.78, 5) is 33.6. The van der Waals surface area contributed by atoms with Crippen LogP contribution in [0.5, 0.6) is 0 Å². The van der Waals surface area contributed by atoms with Gasteiger partial charge < -0.3 is 16.4 Å². The van der Waals surface area contributed by atoms with Gasteiger partial charge in [-0.3, -0.25) is 10.1 Å². The Hall–Kier alpha value is -4.02. The fourth-order valence-electron chi connectivity index (χ4n) is 4.20. The van der Waals surface area contributed by atoms with Gasteiger partial charge in [0.05, 0.1) is 11.3 Å². The number of halogens is 1. The molecule has 176 valence electrons. The van der Waals surface area contributed by atoms with Gasteiger partial charge in [-0.1, -0.05) is 12.2 Å². The van der Waals surface area contributed by atoms with E-state index in [4.69, 9.17) is 5.73 Å². The highest BCUT2D eigenvalue weighted by molar-refractivity contribution is 6.00. The maximum Gasteiger partial charge on any atom is 0.324 e. The number of amides is 3. The van der Waals surface area contributed by atoms with Crippen LogP contribution in [0.15, 0.2) is 53.0 Å². The van der Waals surface area contributed by atoms with Crippen LogP contribution in [0.4, 0.5) is 15.0 Å². The lowest BCUT2D eigenvalue weighted by Crippen LogP contribution is -2.39. The third-order valence-corrected chi connectivity index (χ3v) is 5.99. The summed E-state index contributed by atoms with van der Waals surface area (Å²) in [5.74, 6) is -0.591. The predicted molar refractivity (Wildman–Crippen MR) is 125 cm³/mol. The molecule has 0 spiro atoms. The Morgan fingerprint density at radius 3 is 2.79 bits per heavy atom. The van der Waals surface area contributed by atoms with Gasteiger partial charge >= 0.3 is 6.03 Å². The second-order valence-electron chi connectivity index (χ2n) is 8.64. The molecule has 1 saturated carbocycles. The molecule has 34 heavy (non-hydrogen) atoms. The van der Waals surface area contributed by atoms with Crippen LogP contribution in [0.3, 0.4) is 0 Å². The molecular formula is C23H25FN8O2. The van der Waals surface area contributed by atoms with Crippen LogP contribution in [0, 0.1) is 0 Å². The molecule has 10 nitrogen and oxygen atoms in total. The molecule has 5 rings (SSSR count). The number of nitrogens with zero attached hydrogens (tertiary/aromatic N) is 4. The lowest BCUT2D eigenvalue weighted by atomic mass is 9.89. The van der Waals surface area contributed by atoms with Gasteiger partial charge in [-0.15, -0.1) is 0 Å². The van der Waals surface area contributed by atoms with E-state index in [1.54, 1.807) is 12.3 Å². The van der Waals surface area contributed by atoms with Gasteiger partial charge in [0, 0.05) is 35.8 Å². The van der Waals surface area contributed by atoms with Crippen LogP contribution in [0.25, 0.3) is 5.52 Å². The number of hydrogen-bond donors (Lipinski definition) is 4. The first-order chi connectivity index (χ1) is 16.4. The van der Waals surface area contributed by atoms with E-state index in [2.05, 4.69) is 31.0 Å². The van der Waals surface area contributed by atoms with Crippen molar-refractivity contribution in [2.24, 2.45) is 4.99 Å². The second kappa shape index (κ2) is 8.73. The average Bonchev–Trinajstić information content (AvgIpc) is 3.51. The number of nitrogens with two attached hydrogens (primary N) is 1. The van der Waals surface area contributed by atoms with E-state index in [1.165, 1.54) is 16.9 Å². The number of nitrogens with one attached hydrogen (secondary N) is 3. The normalized spacial score (nSPS) is 20.1. The largest absolute Gasteiger partial charge is 0.382 e. The molecule has 2 aromatic heterocycles. The molecule has 11 heteroatoms. The number of urea groups is 1. The van der Waals surface area contributed by atoms with Crippen molar-refractivity contribution in [1.29, 1.82) is 0 Å². The highest BCUT2D eigenvalue weighted by Crippen LogP contribution is 2.37. The van der Waals surface area contributed by atoms with E-state index in [1.807, 2.05) is 13.0 Å². The van der Waals surface area contributed by atoms with Crippen LogP contribution < -0.4 is 21.7 Å². The molecule has 0 aromatic carbocycles. The zero-order chi connectivity index (χ0) is 23.8. The first kappa shape index (κ1) is 21.8. The number of allylic oxidation sites excluding steroid dienone is 5. The fourth-order valence-corrected chi connectivity index (χ4v) is 4.20. The van der Waals surface area contributed by atoms with Gasteiger partial charge in [0.1, 0.15) is 23.5 Å². The van der Waals surface area contributed by atoms with Gasteiger partial charge in [-0.25, -0.2) is 23.7 Å². The summed E-state index contributed by atoms with van der Waals surface area (Å²) in [5, 5.41) is 12.4. The first-order valence-corrected chi connectivity index (χ1v) is 11.2. The lowest BCUT2D eigenvalue weighted by Gasteiger charge is -2.20. The molecule has 3 heterocycles. The summed E-state index contributed by atoms with van der Waals surface area (Å²) >= 11 is 0. The Labute approximate surface area is 194 Å². The smallest absolute Gasteiger partial charge is 0.324 e. The van der Waals surface area contributed by atoms with E-state index in [0.29, 0.717) is 35.3 Å². The second-order valence-corrected chi connectivity index (χ2v) is 8.64. The summed E-state index contributed by atoms with van der Waals surface area (Å²) in [6, 6.07) is -0.397. The third kappa shape index (κ3) is 4.41. The van der Waals surface area contributed by atoms with Crippen LogP contribution in [0.2, 0.25) is 0 Å². The zero-order valence-electron chi connectivity index (χ0n) is 18.6. The molecule has 2 aliphatic carbocycles. The number of aromatic nitrogens is 3. The zero-order valence-corrected chi connectivity index (χ0v) is 18.6. The molecular weight excluding hydrogens is 439 g/mol. The van der Waals surface area contributed by atoms with Crippen molar-refractivity contribution in [3.63, 3.8) is 0 Å². The van der Waals surface area contributed by atoms with Crippen LogP contribution in [-0.4, -0.2) is 38.4 Å². The monoisotopic (exact) mass is 464 g/mol. The van der Waals surface area contributed by atoms with Crippen molar-refractivity contribution in [3.8, 4) is 0 Å². The minimum atomic E-state index is -0.601. The molecule has 1 atom stereocenters. The number of rotatable bonds is 4. The average molecular weight is 465 g/mol. The number of carbonyl (C=O) groups excluding carboxylic acids is 2. The molecule has 1 unspecified atom stereocenters. The van der Waals surface area contributed by atoms with Crippen molar-refractivity contribution >= 4 is 29.1 Å². The molecule has 0 bridgehead atoms. The van der Waals surface area contributed by atoms with Crippen molar-refractivity contribution in [2.75, 3.05) is 5.73 Å². The Kier molecular flexibility index (Phi) is 5.60. The molecule has 1 aliphatic heterocycles. The number of nitrogen functional groups attached to an aromatic ring is 1. The van der Waals surface area contributed by atoms with E-state index in [0.717, 1.165) is 25.0 Å². The van der Waals surface area contributed by atoms with E-state index in [-0.39, 0.29) is 23.5 Å². The summed E-state index contributed by atoms with van der Waals surface area (Å²) in [6.45, 7) is 1.85. The number of aliphatic imine (C=N–C) groups is 1. The minimum absolute atomic E-state index is 0.0640. The van der Waals surface area contributed by atoms with Gasteiger partial charge in [0.15, 0.2) is 5.82 Å². The first-order valence-electron chi connectivity index (χ1n) is 11.2. The van der Waals surface area contributed by atoms with Crippen LogP contribution in [0.1, 0.15) is 60.9 Å². The molecule has 1 fully saturated rings. The number of anilines is 1. The van der Waals surface area contributed by atoms with Crippen LogP contribution >= 0.6 is 0 Å². The van der Waals surface area contributed by atoms with Crippen molar-refractivity contribution in [2.45, 2.75) is 51.0 Å². The highest BCUT2D eigenvalue weighted by Gasteiger charge is 2.31. The molecule has 0 saturated heterocycles. The van der Waals surface area contributed by atoms with Gasteiger partial charge in [-0.2, -0.15) is 5.10 Å². The lowest BCUT2D eigenvalue weighted by molar-refractivity contribution is 0.0950. The third-order valence-electron chi connectivity index (χ3n) is 5.99. The molecule has 5 N–H and O–H groups in total. The topological polar surface area (TPSA) is 139 Å². The minimum Gasteiger partial charge on any atom is -0.382 e. The van der Waals surface area contributed by atoms with Crippen molar-refractivity contribution < 1.29 is 14.0 Å². The maximum atomic E-state index is 15.1. The van der Waals surface area contributed by atoms with E-state index in [9.17, 15) is 9.59 Å². The predicted octanol–water partition coefficient (Wildman–Crippen LogP) is 2.82. The van der Waals surface area contributed by atoms with Crippen LogP contribution in [-0.2, 0) is 0 Å². The van der Waals surface area contributed by atoms with Gasteiger partial charge in [-0.05, 0) is 38.7 Å². The van der Waals surface area contributed by atoms with Crippen molar-refractivity contribution in [1.82, 2.24) is 30.5 Å². The Morgan fingerprint density at radius 1 is 1.24 bits per heavy atom. The summed E-state index contributed by atoms with van der Waals surface area (Å²) in [5.41, 5.74) is 8.41. The molecule has 3 amide bonds. The standard InChI is InChI=1S/C23H25FN8O2/c1-12-3-2-4-18(28-12)31-23(34)30-17-8-5-13(9-16(17)24)19-15(22(33)29-14-6-7-14)10-32-20(19)21(25)26-11-27-32/h3,8-11,13-14H,2,4-7H2,1H3,(H,29,33)(H2,25,26,27)(H2,28,30,31,34). The van der Waals surface area contributed by atoms with E-state index < -0.39 is 17.8 Å². The number of fused-ring (bicyclic) bond motifs is 1. The van der Waals surface area contributed by atoms with E-state index >= 15 is 4.39 Å². The highest BCUT2D eigenvalue weighted by atomic mass is 19.1. The Bertz CT molecular complexity index is 1300. The Morgan fingerprint density at radius 2 is 2.06 bits per heavy atom. The molecule has 2 aromatic rings. The summed E-state index contributed by atoms with van der Waals surface area (Å²) in [7, 11) is 0. The van der Waals surface area contributed by atoms with Gasteiger partial charge in [0.25, 0.3) is 5.91 Å². The molecule has 3 aliphatic rings. The number of hydrogen-bond acceptors (Lipinski definition) is 6. The Balaban J connectivity index is 1.37. The maximum absolute atomic E-state index is 15.1. The van der Waals surface area contributed by atoms with Crippen molar-refractivity contribution in [3.05, 3.63) is 59.1 Å². The number of amidine groups is 1. The molecule has 0 radical (unpaired) electrons. The summed E-state index contributed by atoms with van der Waals surface area (Å²) < 4.78 is 16.6. The SMILES string of the molecule is CC1=CCCC(NC(=O)NC2=CCC(c3c(C(=O)NC4CC4)cn4ncnc(N)c34)C=C2F)=N1. The van der Waals surface area contributed by atoms with Gasteiger partial charge in [0.2, 0.25) is 0 Å². The fraction of sp³-hybridized carbons (Fsp3) is 0.348. The summed E-state index contributed by atoms with van der Waals surface area (Å²) in [6.07, 6.45) is 11.5. The quantitative estimate of drug-likeness (QED) is 0.551.